The fourth-order valence-corrected chi connectivity index (χ4v) is 4.83. The molecular weight excluding hydrogens is 396 g/mol. The number of aryl methyl sites for hydroxylation is 1. The second-order valence-corrected chi connectivity index (χ2v) is 8.51. The lowest BCUT2D eigenvalue weighted by molar-refractivity contribution is -0.134. The summed E-state index contributed by atoms with van der Waals surface area (Å²) in [4.78, 5) is 35.4. The molecule has 30 heavy (non-hydrogen) atoms. The molecule has 0 saturated carbocycles. The van der Waals surface area contributed by atoms with Gasteiger partial charge in [-0.05, 0) is 35.9 Å². The molecule has 6 nitrogen and oxygen atoms in total. The van der Waals surface area contributed by atoms with Gasteiger partial charge in [-0.2, -0.15) is 0 Å². The largest absolute Gasteiger partial charge is 0.341 e. The summed E-state index contributed by atoms with van der Waals surface area (Å²) in [5.74, 6) is 0.126. The smallest absolute Gasteiger partial charge is 0.289 e. The second-order valence-electron chi connectivity index (χ2n) is 7.57. The maximum absolute atomic E-state index is 13.3. The van der Waals surface area contributed by atoms with Crippen molar-refractivity contribution in [1.29, 1.82) is 0 Å². The van der Waals surface area contributed by atoms with Gasteiger partial charge in [0.1, 0.15) is 0 Å². The molecule has 1 aliphatic rings. The van der Waals surface area contributed by atoms with Gasteiger partial charge in [0.05, 0.1) is 5.92 Å². The molecule has 0 aliphatic carbocycles. The van der Waals surface area contributed by atoms with E-state index in [1.807, 2.05) is 37.1 Å². The minimum Gasteiger partial charge on any atom is -0.341 e. The Morgan fingerprint density at radius 2 is 2.03 bits per heavy atom. The Balaban J connectivity index is 1.63. The van der Waals surface area contributed by atoms with Gasteiger partial charge in [0.15, 0.2) is 5.82 Å². The molecular formula is C23H26N4O2S. The molecule has 0 bridgehead atoms. The van der Waals surface area contributed by atoms with E-state index in [-0.39, 0.29) is 17.7 Å². The number of carbonyl (C=O) groups is 2. The first-order valence-corrected chi connectivity index (χ1v) is 11.1. The van der Waals surface area contributed by atoms with E-state index in [1.165, 1.54) is 4.88 Å². The number of hydrogen-bond acceptors (Lipinski definition) is 4. The Morgan fingerprint density at radius 3 is 2.73 bits per heavy atom. The summed E-state index contributed by atoms with van der Waals surface area (Å²) in [7, 11) is 1.82. The van der Waals surface area contributed by atoms with Gasteiger partial charge < -0.3 is 14.4 Å². The minimum atomic E-state index is -0.280. The van der Waals surface area contributed by atoms with Gasteiger partial charge in [0.25, 0.3) is 5.91 Å². The zero-order valence-corrected chi connectivity index (χ0v) is 18.1. The van der Waals surface area contributed by atoms with Crippen molar-refractivity contribution in [3.05, 3.63) is 65.6 Å². The van der Waals surface area contributed by atoms with Gasteiger partial charge in [0.2, 0.25) is 5.91 Å². The van der Waals surface area contributed by atoms with Gasteiger partial charge in [-0.25, -0.2) is 4.98 Å². The molecule has 1 aliphatic heterocycles. The van der Waals surface area contributed by atoms with Crippen LogP contribution in [0, 0.1) is 5.92 Å². The van der Waals surface area contributed by atoms with Crippen molar-refractivity contribution in [2.24, 2.45) is 13.0 Å². The zero-order valence-electron chi connectivity index (χ0n) is 17.3. The molecule has 0 N–H and O–H groups in total. The highest BCUT2D eigenvalue weighted by Gasteiger charge is 2.33. The van der Waals surface area contributed by atoms with E-state index in [0.29, 0.717) is 38.4 Å². The number of nitrogens with zero attached hydrogens (tertiary/aromatic N) is 4. The van der Waals surface area contributed by atoms with E-state index in [4.69, 9.17) is 0 Å². The van der Waals surface area contributed by atoms with Crippen LogP contribution in [0.4, 0.5) is 0 Å². The Hall–Kier alpha value is -2.93. The maximum atomic E-state index is 13.3. The molecule has 1 unspecified atom stereocenters. The number of benzene rings is 1. The first kappa shape index (κ1) is 20.3. The monoisotopic (exact) mass is 422 g/mol. The van der Waals surface area contributed by atoms with Gasteiger partial charge in [0, 0.05) is 50.5 Å². The van der Waals surface area contributed by atoms with E-state index in [0.717, 1.165) is 11.1 Å². The number of carbonyl (C=O) groups excluding carboxylic acids is 2. The fourth-order valence-electron chi connectivity index (χ4n) is 4.04. The summed E-state index contributed by atoms with van der Waals surface area (Å²) >= 11 is 1.70. The highest BCUT2D eigenvalue weighted by Crippen LogP contribution is 2.30. The van der Waals surface area contributed by atoms with Crippen LogP contribution in [0.5, 0.6) is 0 Å². The normalized spacial score (nSPS) is 17.3. The Morgan fingerprint density at radius 1 is 1.20 bits per heavy atom. The standard InChI is InChI=1S/C23H26N4O2S/c1-3-26-12-13-27(23(29)21-24-10-11-25(21)2)16-18(22(26)28)15-17-7-4-5-8-19(17)20-9-6-14-30-20/h4-11,14,18H,3,12-13,15-16H2,1-2H3. The molecule has 0 radical (unpaired) electrons. The molecule has 156 valence electrons. The molecule has 3 aromatic rings. The number of imidazole rings is 1. The lowest BCUT2D eigenvalue weighted by atomic mass is 9.93. The summed E-state index contributed by atoms with van der Waals surface area (Å²) in [5, 5.41) is 2.06. The zero-order chi connectivity index (χ0) is 21.1. The van der Waals surface area contributed by atoms with Crippen LogP contribution in [-0.4, -0.2) is 57.3 Å². The Kier molecular flexibility index (Phi) is 5.99. The van der Waals surface area contributed by atoms with Crippen molar-refractivity contribution in [3.63, 3.8) is 0 Å². The molecule has 3 heterocycles. The average molecular weight is 423 g/mol. The number of aromatic nitrogens is 2. The number of amides is 2. The molecule has 1 aromatic carbocycles. The molecule has 1 atom stereocenters. The van der Waals surface area contributed by atoms with Gasteiger partial charge in [-0.1, -0.05) is 30.3 Å². The first-order chi connectivity index (χ1) is 14.6. The third-order valence-electron chi connectivity index (χ3n) is 5.69. The highest BCUT2D eigenvalue weighted by atomic mass is 32.1. The van der Waals surface area contributed by atoms with Crippen molar-refractivity contribution < 1.29 is 9.59 Å². The predicted octanol–water partition coefficient (Wildman–Crippen LogP) is 3.31. The quantitative estimate of drug-likeness (QED) is 0.634. The van der Waals surface area contributed by atoms with Crippen LogP contribution in [0.25, 0.3) is 10.4 Å². The van der Waals surface area contributed by atoms with Crippen molar-refractivity contribution in [1.82, 2.24) is 19.4 Å². The van der Waals surface area contributed by atoms with Crippen molar-refractivity contribution in [2.45, 2.75) is 13.3 Å². The van der Waals surface area contributed by atoms with Crippen LogP contribution in [0.2, 0.25) is 0 Å². The Bertz CT molecular complexity index is 1030. The molecule has 1 fully saturated rings. The van der Waals surface area contributed by atoms with Gasteiger partial charge in [-0.3, -0.25) is 9.59 Å². The third kappa shape index (κ3) is 4.03. The summed E-state index contributed by atoms with van der Waals surface area (Å²) in [6.45, 7) is 4.11. The molecule has 1 saturated heterocycles. The number of rotatable bonds is 5. The molecule has 2 amide bonds. The summed E-state index contributed by atoms with van der Waals surface area (Å²) in [5.41, 5.74) is 2.30. The lowest BCUT2D eigenvalue weighted by Crippen LogP contribution is -2.38. The third-order valence-corrected chi connectivity index (χ3v) is 6.60. The van der Waals surface area contributed by atoms with Crippen LogP contribution < -0.4 is 0 Å². The van der Waals surface area contributed by atoms with Crippen molar-refractivity contribution in [3.8, 4) is 10.4 Å². The minimum absolute atomic E-state index is 0.119. The number of hydrogen-bond donors (Lipinski definition) is 0. The Labute approximate surface area is 180 Å². The SMILES string of the molecule is CCN1CCN(C(=O)c2nccn2C)CC(Cc2ccccc2-c2cccs2)C1=O. The number of likely N-dealkylation sites (N-methyl/N-ethyl adjacent to an activating group) is 1. The summed E-state index contributed by atoms with van der Waals surface area (Å²) in [6, 6.07) is 12.4. The van der Waals surface area contributed by atoms with E-state index >= 15 is 0 Å². The average Bonchev–Trinajstić information content (AvgIpc) is 3.41. The first-order valence-electron chi connectivity index (χ1n) is 10.3. The summed E-state index contributed by atoms with van der Waals surface area (Å²) < 4.78 is 1.73. The van der Waals surface area contributed by atoms with E-state index in [2.05, 4.69) is 28.6 Å². The van der Waals surface area contributed by atoms with Gasteiger partial charge >= 0.3 is 0 Å². The van der Waals surface area contributed by atoms with Crippen molar-refractivity contribution >= 4 is 23.2 Å². The van der Waals surface area contributed by atoms with Crippen LogP contribution >= 0.6 is 11.3 Å². The maximum Gasteiger partial charge on any atom is 0.289 e. The van der Waals surface area contributed by atoms with Crippen LogP contribution in [0.1, 0.15) is 23.1 Å². The van der Waals surface area contributed by atoms with Crippen LogP contribution in [0.15, 0.2) is 54.2 Å². The topological polar surface area (TPSA) is 58.4 Å². The van der Waals surface area contributed by atoms with Crippen LogP contribution in [-0.2, 0) is 18.3 Å². The molecule has 0 spiro atoms. The second kappa shape index (κ2) is 8.83. The predicted molar refractivity (Wildman–Crippen MR) is 118 cm³/mol. The van der Waals surface area contributed by atoms with E-state index < -0.39 is 0 Å². The fraction of sp³-hybridized carbons (Fsp3) is 0.348. The highest BCUT2D eigenvalue weighted by molar-refractivity contribution is 7.13. The van der Waals surface area contributed by atoms with E-state index in [9.17, 15) is 9.59 Å². The lowest BCUT2D eigenvalue weighted by Gasteiger charge is -2.24. The molecule has 7 heteroatoms. The van der Waals surface area contributed by atoms with E-state index in [1.54, 1.807) is 33.2 Å². The summed E-state index contributed by atoms with van der Waals surface area (Å²) in [6.07, 6.45) is 4.00. The van der Waals surface area contributed by atoms with Crippen molar-refractivity contribution in [2.75, 3.05) is 26.2 Å². The number of thiophene rings is 1. The van der Waals surface area contributed by atoms with Crippen LogP contribution in [0.3, 0.4) is 0 Å². The molecule has 2 aromatic heterocycles. The molecule has 4 rings (SSSR count). The van der Waals surface area contributed by atoms with Gasteiger partial charge in [-0.15, -0.1) is 11.3 Å².